The molecule has 0 fully saturated rings. The number of H-pyrrole nitrogens is 2. The fraction of sp³-hybridized carbons (Fsp3) is 0. The first kappa shape index (κ1) is 18.6. The zero-order valence-corrected chi connectivity index (χ0v) is 17.0. The summed E-state index contributed by atoms with van der Waals surface area (Å²) in [7, 11) is 0. The minimum atomic E-state index is -0.465. The van der Waals surface area contributed by atoms with Gasteiger partial charge in [0.15, 0.2) is 16.6 Å². The topological polar surface area (TPSA) is 109 Å². The van der Waals surface area contributed by atoms with Gasteiger partial charge in [0.1, 0.15) is 11.5 Å². The summed E-state index contributed by atoms with van der Waals surface area (Å²) in [5.74, 6) is -0.113. The molecule has 4 N–H and O–H groups in total. The molecule has 32 heavy (non-hydrogen) atoms. The molecule has 0 radical (unpaired) electrons. The van der Waals surface area contributed by atoms with Crippen LogP contribution in [-0.4, -0.2) is 30.1 Å². The van der Waals surface area contributed by atoms with Crippen LogP contribution in [0.5, 0.6) is 0 Å². The van der Waals surface area contributed by atoms with Gasteiger partial charge in [-0.2, -0.15) is 9.49 Å². The molecule has 0 aliphatic rings. The van der Waals surface area contributed by atoms with Crippen molar-refractivity contribution in [2.24, 2.45) is 0 Å². The van der Waals surface area contributed by atoms with Gasteiger partial charge >= 0.3 is 0 Å². The number of nitrogens with two attached hydrogens (primary N) is 1. The predicted molar refractivity (Wildman–Crippen MR) is 120 cm³/mol. The largest absolute Gasteiger partial charge is 0.397 e. The van der Waals surface area contributed by atoms with Gasteiger partial charge in [0, 0.05) is 40.2 Å². The first-order valence-corrected chi connectivity index (χ1v) is 10.4. The summed E-state index contributed by atoms with van der Waals surface area (Å²) in [6, 6.07) is 9.95. The minimum absolute atomic E-state index is 0.284. The quantitative estimate of drug-likeness (QED) is 0.349. The molecular formula is C22H13F2N7S. The van der Waals surface area contributed by atoms with Crippen LogP contribution in [0.3, 0.4) is 0 Å². The number of imidazole rings is 1. The van der Waals surface area contributed by atoms with Crippen LogP contribution >= 0.6 is 11.3 Å². The number of thiophene rings is 1. The molecule has 7 nitrogen and oxygen atoms in total. The van der Waals surface area contributed by atoms with E-state index >= 15 is 4.39 Å². The molecule has 10 heteroatoms. The van der Waals surface area contributed by atoms with E-state index in [1.54, 1.807) is 42.7 Å². The van der Waals surface area contributed by atoms with Crippen LogP contribution in [0.4, 0.5) is 14.5 Å². The Balaban J connectivity index is 1.55. The summed E-state index contributed by atoms with van der Waals surface area (Å²) in [5.41, 5.74) is 9.82. The summed E-state index contributed by atoms with van der Waals surface area (Å²) in [6.45, 7) is 0. The normalized spacial score (nSPS) is 11.6. The van der Waals surface area contributed by atoms with E-state index in [0.717, 1.165) is 21.8 Å². The van der Waals surface area contributed by atoms with E-state index in [-0.39, 0.29) is 10.5 Å². The van der Waals surface area contributed by atoms with Crippen molar-refractivity contribution >= 4 is 39.1 Å². The lowest BCUT2D eigenvalue weighted by atomic mass is 10.0. The number of pyridine rings is 2. The van der Waals surface area contributed by atoms with E-state index in [2.05, 4.69) is 30.1 Å². The molecule has 0 aliphatic heterocycles. The number of rotatable bonds is 3. The second kappa shape index (κ2) is 6.92. The SMILES string of the molecule is Nc1cncc(-c2ccc3[nH]nc(-c4nc5nccc(-c6ccc(F)s6)c5[nH]4)c3c2F)c1. The number of nitrogen functional groups attached to an aromatic ring is 1. The minimum Gasteiger partial charge on any atom is -0.397 e. The number of anilines is 1. The zero-order valence-electron chi connectivity index (χ0n) is 16.2. The third kappa shape index (κ3) is 2.84. The van der Waals surface area contributed by atoms with Gasteiger partial charge in [-0.05, 0) is 36.4 Å². The predicted octanol–water partition coefficient (Wildman–Crippen LogP) is 5.15. The number of nitrogens with one attached hydrogen (secondary N) is 2. The number of benzene rings is 1. The molecule has 5 aromatic heterocycles. The Morgan fingerprint density at radius 1 is 1.00 bits per heavy atom. The second-order valence-electron chi connectivity index (χ2n) is 7.18. The molecule has 0 unspecified atom stereocenters. The van der Waals surface area contributed by atoms with Crippen molar-refractivity contribution in [2.45, 2.75) is 0 Å². The Bertz CT molecular complexity index is 1630. The van der Waals surface area contributed by atoms with Crippen LogP contribution in [0.15, 0.2) is 55.0 Å². The Hall–Kier alpha value is -4.18. The number of nitrogens with zero attached hydrogens (tertiary/aromatic N) is 4. The number of aromatic amines is 2. The summed E-state index contributed by atoms with van der Waals surface area (Å²) < 4.78 is 29.2. The van der Waals surface area contributed by atoms with Crippen molar-refractivity contribution in [1.82, 2.24) is 30.1 Å². The van der Waals surface area contributed by atoms with Crippen molar-refractivity contribution in [1.29, 1.82) is 0 Å². The lowest BCUT2D eigenvalue weighted by molar-refractivity contribution is 0.643. The van der Waals surface area contributed by atoms with Crippen molar-refractivity contribution in [3.8, 4) is 33.1 Å². The van der Waals surface area contributed by atoms with Gasteiger partial charge in [-0.3, -0.25) is 10.1 Å². The molecule has 0 spiro atoms. The monoisotopic (exact) mass is 445 g/mol. The van der Waals surface area contributed by atoms with Crippen LogP contribution in [0, 0.1) is 10.9 Å². The highest BCUT2D eigenvalue weighted by molar-refractivity contribution is 7.14. The molecule has 156 valence electrons. The standard InChI is InChI=1S/C22H13F2N7S/c23-16-4-3-15(32-16)13-5-6-27-21-19(13)28-22(29-21)20-17-14(30-31-20)2-1-12(18(17)24)10-7-11(25)9-26-8-10/h1-9H,25H2,(H,30,31)(H,27,28,29). The van der Waals surface area contributed by atoms with Crippen LogP contribution in [-0.2, 0) is 0 Å². The summed E-state index contributed by atoms with van der Waals surface area (Å²) >= 11 is 1.03. The number of hydrogen-bond acceptors (Lipinski definition) is 6. The van der Waals surface area contributed by atoms with Crippen molar-refractivity contribution < 1.29 is 8.78 Å². The average molecular weight is 445 g/mol. The first-order chi connectivity index (χ1) is 15.6. The maximum atomic E-state index is 15.6. The zero-order chi connectivity index (χ0) is 21.8. The van der Waals surface area contributed by atoms with E-state index in [1.165, 1.54) is 12.3 Å². The molecule has 0 amide bonds. The molecule has 0 saturated carbocycles. The molecule has 6 rings (SSSR count). The average Bonchev–Trinajstić information content (AvgIpc) is 3.51. The van der Waals surface area contributed by atoms with Crippen LogP contribution in [0.1, 0.15) is 0 Å². The third-order valence-corrected chi connectivity index (χ3v) is 6.10. The fourth-order valence-corrected chi connectivity index (χ4v) is 4.52. The number of halogens is 2. The van der Waals surface area contributed by atoms with Gasteiger partial charge in [-0.1, -0.05) is 0 Å². The van der Waals surface area contributed by atoms with E-state index < -0.39 is 5.82 Å². The van der Waals surface area contributed by atoms with Gasteiger partial charge in [-0.25, -0.2) is 14.4 Å². The molecule has 5 heterocycles. The van der Waals surface area contributed by atoms with Crippen LogP contribution < -0.4 is 5.73 Å². The maximum absolute atomic E-state index is 15.6. The molecule has 0 aliphatic carbocycles. The van der Waals surface area contributed by atoms with E-state index in [9.17, 15) is 4.39 Å². The van der Waals surface area contributed by atoms with Crippen molar-refractivity contribution in [2.75, 3.05) is 5.73 Å². The molecule has 1 aromatic carbocycles. The molecule has 0 atom stereocenters. The highest BCUT2D eigenvalue weighted by Gasteiger charge is 2.21. The van der Waals surface area contributed by atoms with Gasteiger partial charge in [0.25, 0.3) is 0 Å². The fourth-order valence-electron chi connectivity index (χ4n) is 3.76. The Kier molecular flexibility index (Phi) is 4.02. The van der Waals surface area contributed by atoms with E-state index in [1.807, 2.05) is 0 Å². The lowest BCUT2D eigenvalue weighted by Gasteiger charge is -2.05. The van der Waals surface area contributed by atoms with Gasteiger partial charge in [-0.15, -0.1) is 11.3 Å². The summed E-state index contributed by atoms with van der Waals surface area (Å²) in [5, 5.41) is 7.15. The van der Waals surface area contributed by atoms with Gasteiger partial charge in [0.2, 0.25) is 0 Å². The maximum Gasteiger partial charge on any atom is 0.178 e. The smallest absolute Gasteiger partial charge is 0.178 e. The molecular weight excluding hydrogens is 432 g/mol. The first-order valence-electron chi connectivity index (χ1n) is 9.57. The summed E-state index contributed by atoms with van der Waals surface area (Å²) in [4.78, 5) is 16.8. The van der Waals surface area contributed by atoms with Crippen molar-refractivity contribution in [3.05, 3.63) is 65.9 Å². The highest BCUT2D eigenvalue weighted by atomic mass is 32.1. The number of aromatic nitrogens is 6. The Morgan fingerprint density at radius 3 is 2.72 bits per heavy atom. The van der Waals surface area contributed by atoms with Gasteiger partial charge in [0.05, 0.1) is 22.1 Å². The van der Waals surface area contributed by atoms with E-state index in [0.29, 0.717) is 45.0 Å². The number of fused-ring (bicyclic) bond motifs is 2. The summed E-state index contributed by atoms with van der Waals surface area (Å²) in [6.07, 6.45) is 4.66. The third-order valence-electron chi connectivity index (χ3n) is 5.19. The van der Waals surface area contributed by atoms with Crippen molar-refractivity contribution in [3.63, 3.8) is 0 Å². The number of hydrogen-bond donors (Lipinski definition) is 3. The molecule has 0 bridgehead atoms. The van der Waals surface area contributed by atoms with Gasteiger partial charge < -0.3 is 10.7 Å². The lowest BCUT2D eigenvalue weighted by Crippen LogP contribution is -1.91. The Labute approximate surface area is 183 Å². The Morgan fingerprint density at radius 2 is 1.91 bits per heavy atom. The van der Waals surface area contributed by atoms with Crippen LogP contribution in [0.2, 0.25) is 0 Å². The van der Waals surface area contributed by atoms with E-state index in [4.69, 9.17) is 5.73 Å². The second-order valence-corrected chi connectivity index (χ2v) is 8.21. The molecule has 6 aromatic rings. The highest BCUT2D eigenvalue weighted by Crippen LogP contribution is 2.36. The van der Waals surface area contributed by atoms with Crippen LogP contribution in [0.25, 0.3) is 55.2 Å². The molecule has 0 saturated heterocycles.